The molecule has 0 aliphatic heterocycles. The topological polar surface area (TPSA) is 68.4 Å². The minimum atomic E-state index is 0.0550. The van der Waals surface area contributed by atoms with Crippen LogP contribution in [0.25, 0.3) is 11.5 Å². The highest BCUT2D eigenvalue weighted by molar-refractivity contribution is 6.30. The van der Waals surface area contributed by atoms with Crippen LogP contribution in [0, 0.1) is 0 Å². The Morgan fingerprint density at radius 3 is 3.06 bits per heavy atom. The third-order valence-electron chi connectivity index (χ3n) is 2.33. The van der Waals surface area contributed by atoms with E-state index in [1.807, 2.05) is 6.92 Å². The van der Waals surface area contributed by atoms with Crippen molar-refractivity contribution in [3.63, 3.8) is 0 Å². The van der Waals surface area contributed by atoms with Crippen LogP contribution in [0.2, 0.25) is 5.02 Å². The molecule has 96 valence electrons. The fourth-order valence-electron chi connectivity index (χ4n) is 1.45. The second kappa shape index (κ2) is 5.84. The predicted octanol–water partition coefficient (Wildman–Crippen LogP) is 2.67. The summed E-state index contributed by atoms with van der Waals surface area (Å²) in [6.45, 7) is 3.11. The van der Waals surface area contributed by atoms with E-state index >= 15 is 0 Å². The predicted molar refractivity (Wildman–Crippen MR) is 66.6 cm³/mol. The molecule has 18 heavy (non-hydrogen) atoms. The molecule has 1 heterocycles. The van der Waals surface area contributed by atoms with Gasteiger partial charge in [-0.2, -0.15) is 4.98 Å². The number of hydrogen-bond acceptors (Lipinski definition) is 5. The van der Waals surface area contributed by atoms with Gasteiger partial charge >= 0.3 is 0 Å². The van der Waals surface area contributed by atoms with Gasteiger partial charge < -0.3 is 14.4 Å². The summed E-state index contributed by atoms with van der Waals surface area (Å²) >= 11 is 5.85. The Kier molecular flexibility index (Phi) is 4.17. The number of benzene rings is 1. The van der Waals surface area contributed by atoms with Crippen LogP contribution in [0.5, 0.6) is 5.75 Å². The molecule has 0 aliphatic rings. The number of phenols is 1. The van der Waals surface area contributed by atoms with Crippen molar-refractivity contribution in [2.45, 2.75) is 13.3 Å². The zero-order valence-corrected chi connectivity index (χ0v) is 10.6. The molecule has 0 saturated heterocycles. The summed E-state index contributed by atoms with van der Waals surface area (Å²) < 4.78 is 10.3. The first-order valence-corrected chi connectivity index (χ1v) is 5.97. The van der Waals surface area contributed by atoms with Crippen molar-refractivity contribution in [3.8, 4) is 17.2 Å². The van der Waals surface area contributed by atoms with Gasteiger partial charge in [0.15, 0.2) is 5.82 Å². The Balaban J connectivity index is 2.16. The molecule has 0 radical (unpaired) electrons. The second-order valence-electron chi connectivity index (χ2n) is 3.62. The van der Waals surface area contributed by atoms with Gasteiger partial charge in [0.25, 0.3) is 5.89 Å². The Morgan fingerprint density at radius 2 is 2.28 bits per heavy atom. The van der Waals surface area contributed by atoms with Gasteiger partial charge in [-0.25, -0.2) is 0 Å². The molecule has 0 saturated carbocycles. The lowest BCUT2D eigenvalue weighted by Gasteiger charge is -1.99. The van der Waals surface area contributed by atoms with Crippen LogP contribution in [-0.4, -0.2) is 28.5 Å². The molecule has 5 nitrogen and oxygen atoms in total. The number of halogens is 1. The number of ether oxygens (including phenoxy) is 1. The number of aromatic nitrogens is 2. The fourth-order valence-corrected chi connectivity index (χ4v) is 1.62. The van der Waals surface area contributed by atoms with Gasteiger partial charge in [0, 0.05) is 18.1 Å². The van der Waals surface area contributed by atoms with Crippen LogP contribution in [0.4, 0.5) is 0 Å². The summed E-state index contributed by atoms with van der Waals surface area (Å²) in [4.78, 5) is 4.18. The first-order chi connectivity index (χ1) is 8.70. The maximum Gasteiger partial charge on any atom is 0.261 e. The van der Waals surface area contributed by atoms with Crippen LogP contribution in [0.1, 0.15) is 12.7 Å². The van der Waals surface area contributed by atoms with Crippen molar-refractivity contribution < 1.29 is 14.4 Å². The van der Waals surface area contributed by atoms with Gasteiger partial charge in [-0.15, -0.1) is 0 Å². The molecule has 0 aliphatic carbocycles. The molecule has 6 heteroatoms. The average Bonchev–Trinajstić information content (AvgIpc) is 2.81. The zero-order chi connectivity index (χ0) is 13.0. The highest BCUT2D eigenvalue weighted by Gasteiger charge is 2.13. The van der Waals surface area contributed by atoms with E-state index < -0.39 is 0 Å². The van der Waals surface area contributed by atoms with Crippen LogP contribution in [0.3, 0.4) is 0 Å². The largest absolute Gasteiger partial charge is 0.507 e. The van der Waals surface area contributed by atoms with E-state index in [1.165, 1.54) is 6.07 Å². The van der Waals surface area contributed by atoms with Crippen molar-refractivity contribution in [3.05, 3.63) is 29.0 Å². The molecular weight excluding hydrogens is 256 g/mol. The summed E-state index contributed by atoms with van der Waals surface area (Å²) in [6.07, 6.45) is 0.568. The molecule has 1 aromatic carbocycles. The zero-order valence-electron chi connectivity index (χ0n) is 9.89. The Hall–Kier alpha value is -1.59. The van der Waals surface area contributed by atoms with Crippen molar-refractivity contribution >= 4 is 11.6 Å². The lowest BCUT2D eigenvalue weighted by atomic mass is 10.2. The molecule has 0 bridgehead atoms. The third-order valence-corrected chi connectivity index (χ3v) is 2.57. The molecule has 0 atom stereocenters. The van der Waals surface area contributed by atoms with E-state index in [2.05, 4.69) is 10.1 Å². The lowest BCUT2D eigenvalue weighted by molar-refractivity contribution is 0.149. The lowest BCUT2D eigenvalue weighted by Crippen LogP contribution is -1.99. The third kappa shape index (κ3) is 3.00. The maximum atomic E-state index is 9.70. The van der Waals surface area contributed by atoms with Crippen molar-refractivity contribution in [2.75, 3.05) is 13.2 Å². The normalized spacial score (nSPS) is 10.8. The highest BCUT2D eigenvalue weighted by Crippen LogP contribution is 2.30. The van der Waals surface area contributed by atoms with Gasteiger partial charge in [-0.1, -0.05) is 16.8 Å². The van der Waals surface area contributed by atoms with Crippen molar-refractivity contribution in [1.29, 1.82) is 0 Å². The summed E-state index contributed by atoms with van der Waals surface area (Å²) in [7, 11) is 0. The van der Waals surface area contributed by atoms with Crippen LogP contribution >= 0.6 is 11.6 Å². The smallest absolute Gasteiger partial charge is 0.261 e. The minimum absolute atomic E-state index is 0.0550. The highest BCUT2D eigenvalue weighted by atomic mass is 35.5. The summed E-state index contributed by atoms with van der Waals surface area (Å²) in [5.41, 5.74) is 0.428. The van der Waals surface area contributed by atoms with Gasteiger partial charge in [-0.3, -0.25) is 0 Å². The van der Waals surface area contributed by atoms with Crippen LogP contribution in [0.15, 0.2) is 22.7 Å². The molecule has 2 rings (SSSR count). The Labute approximate surface area is 109 Å². The number of phenolic OH excluding ortho intramolecular Hbond substituents is 1. The molecule has 0 spiro atoms. The first kappa shape index (κ1) is 12.9. The monoisotopic (exact) mass is 268 g/mol. The molecule has 0 fully saturated rings. The van der Waals surface area contributed by atoms with E-state index in [1.54, 1.807) is 12.1 Å². The maximum absolute atomic E-state index is 9.70. The standard InChI is InChI=1S/C12H13ClN2O3/c1-2-17-6-5-11-14-12(18-15-11)9-7-8(13)3-4-10(9)16/h3-4,7,16H,2,5-6H2,1H3. The SMILES string of the molecule is CCOCCc1noc(-c2cc(Cl)ccc2O)n1. The van der Waals surface area contributed by atoms with Gasteiger partial charge in [0.05, 0.1) is 12.2 Å². The molecule has 1 aromatic heterocycles. The van der Waals surface area contributed by atoms with E-state index in [4.69, 9.17) is 20.9 Å². The Bertz CT molecular complexity index is 528. The van der Waals surface area contributed by atoms with Crippen molar-refractivity contribution in [2.24, 2.45) is 0 Å². The molecular formula is C12H13ClN2O3. The molecule has 0 amide bonds. The summed E-state index contributed by atoms with van der Waals surface area (Å²) in [6, 6.07) is 4.66. The van der Waals surface area contributed by atoms with E-state index in [-0.39, 0.29) is 11.6 Å². The summed E-state index contributed by atoms with van der Waals surface area (Å²) in [5, 5.41) is 14.0. The van der Waals surface area contributed by atoms with Gasteiger partial charge in [-0.05, 0) is 25.1 Å². The van der Waals surface area contributed by atoms with Gasteiger partial charge in [0.1, 0.15) is 5.75 Å². The van der Waals surface area contributed by atoms with Crippen molar-refractivity contribution in [1.82, 2.24) is 10.1 Å². The number of hydrogen-bond donors (Lipinski definition) is 1. The minimum Gasteiger partial charge on any atom is -0.507 e. The Morgan fingerprint density at radius 1 is 1.44 bits per heavy atom. The fraction of sp³-hybridized carbons (Fsp3) is 0.333. The van der Waals surface area contributed by atoms with Crippen LogP contribution in [-0.2, 0) is 11.2 Å². The summed E-state index contributed by atoms with van der Waals surface area (Å²) in [5.74, 6) is 0.846. The average molecular weight is 269 g/mol. The number of aromatic hydroxyl groups is 1. The molecule has 2 aromatic rings. The van der Waals surface area contributed by atoms with Crippen LogP contribution < -0.4 is 0 Å². The van der Waals surface area contributed by atoms with E-state index in [9.17, 15) is 5.11 Å². The quantitative estimate of drug-likeness (QED) is 0.845. The van der Waals surface area contributed by atoms with Gasteiger partial charge in [0.2, 0.25) is 0 Å². The first-order valence-electron chi connectivity index (χ1n) is 5.60. The molecule has 0 unspecified atom stereocenters. The second-order valence-corrected chi connectivity index (χ2v) is 4.06. The number of rotatable bonds is 5. The number of nitrogens with zero attached hydrogens (tertiary/aromatic N) is 2. The van der Waals surface area contributed by atoms with E-state index in [0.717, 1.165) is 0 Å². The molecule has 1 N–H and O–H groups in total. The van der Waals surface area contributed by atoms with E-state index in [0.29, 0.717) is 36.0 Å².